The minimum Gasteiger partial charge on any atom is -0.489 e. The van der Waals surface area contributed by atoms with Crippen LogP contribution in [-0.4, -0.2) is 72.2 Å². The van der Waals surface area contributed by atoms with Crippen molar-refractivity contribution >= 4 is 40.7 Å². The van der Waals surface area contributed by atoms with Crippen LogP contribution in [0.1, 0.15) is 38.1 Å². The van der Waals surface area contributed by atoms with Gasteiger partial charge in [-0.25, -0.2) is 4.79 Å². The highest BCUT2D eigenvalue weighted by Crippen LogP contribution is 2.36. The van der Waals surface area contributed by atoms with Gasteiger partial charge in [0.25, 0.3) is 0 Å². The van der Waals surface area contributed by atoms with Crippen LogP contribution in [0.4, 0.5) is 0 Å². The molecule has 13 heteroatoms. The van der Waals surface area contributed by atoms with E-state index in [1.54, 1.807) is 18.2 Å². The summed E-state index contributed by atoms with van der Waals surface area (Å²) in [6.07, 6.45) is -6.42. The standard InChI is InChI=1S/C30H31NO12/c1-16(32)31-14-24(22-13-21(11-12-23(22)31)38-15-20-9-7-6-8-10-20)42-30-28(41-19(4)35)26(40-18(3)34)25(39-17(2)33)27(43-30)29(36)37-5/h6-14,25-28,30H,15H2,1-5H3/t25-,26-,27-,28+,30+/m0/s1. The van der Waals surface area contributed by atoms with Crippen LogP contribution >= 0.6 is 0 Å². The molecule has 0 unspecified atom stereocenters. The molecular weight excluding hydrogens is 566 g/mol. The number of esters is 4. The fourth-order valence-electron chi connectivity index (χ4n) is 4.66. The maximum Gasteiger partial charge on any atom is 0.339 e. The second kappa shape index (κ2) is 13.4. The van der Waals surface area contributed by atoms with Crippen LogP contribution in [0.25, 0.3) is 10.9 Å². The van der Waals surface area contributed by atoms with Crippen LogP contribution in [0.15, 0.2) is 54.7 Å². The maximum atomic E-state index is 12.7. The zero-order valence-electron chi connectivity index (χ0n) is 24.1. The molecule has 0 aliphatic carbocycles. The Hall–Kier alpha value is -4.91. The van der Waals surface area contributed by atoms with E-state index >= 15 is 0 Å². The molecule has 13 nitrogen and oxygen atoms in total. The molecule has 0 amide bonds. The molecule has 43 heavy (non-hydrogen) atoms. The van der Waals surface area contributed by atoms with E-state index in [9.17, 15) is 24.0 Å². The molecule has 0 spiro atoms. The largest absolute Gasteiger partial charge is 0.489 e. The number of benzene rings is 2. The molecule has 2 heterocycles. The minimum absolute atomic E-state index is 0.0913. The highest BCUT2D eigenvalue weighted by atomic mass is 16.7. The van der Waals surface area contributed by atoms with Gasteiger partial charge in [0.05, 0.1) is 18.8 Å². The third-order valence-electron chi connectivity index (χ3n) is 6.40. The number of hydrogen-bond donors (Lipinski definition) is 0. The Morgan fingerprint density at radius 3 is 2.05 bits per heavy atom. The van der Waals surface area contributed by atoms with Crippen molar-refractivity contribution in [2.24, 2.45) is 0 Å². The number of methoxy groups -OCH3 is 1. The normalized spacial score (nSPS) is 21.4. The van der Waals surface area contributed by atoms with Gasteiger partial charge in [0.1, 0.15) is 18.1 Å². The molecule has 1 aliphatic heterocycles. The van der Waals surface area contributed by atoms with Gasteiger partial charge in [0, 0.05) is 33.1 Å². The first-order chi connectivity index (χ1) is 20.5. The average molecular weight is 598 g/mol. The molecule has 0 radical (unpaired) electrons. The minimum atomic E-state index is -1.64. The van der Waals surface area contributed by atoms with Crippen molar-refractivity contribution < 1.29 is 57.1 Å². The summed E-state index contributed by atoms with van der Waals surface area (Å²) in [6, 6.07) is 14.5. The summed E-state index contributed by atoms with van der Waals surface area (Å²) in [5.74, 6) is -3.21. The van der Waals surface area contributed by atoms with Crippen molar-refractivity contribution in [2.75, 3.05) is 7.11 Å². The van der Waals surface area contributed by atoms with Crippen LogP contribution in [0.5, 0.6) is 11.5 Å². The second-order valence-corrected chi connectivity index (χ2v) is 9.62. The van der Waals surface area contributed by atoms with Gasteiger partial charge < -0.3 is 33.2 Å². The predicted octanol–water partition coefficient (Wildman–Crippen LogP) is 2.95. The van der Waals surface area contributed by atoms with Gasteiger partial charge in [-0.05, 0) is 23.8 Å². The van der Waals surface area contributed by atoms with Crippen molar-refractivity contribution in [2.45, 2.75) is 65.0 Å². The molecule has 228 valence electrons. The average Bonchev–Trinajstić information content (AvgIpc) is 3.32. The predicted molar refractivity (Wildman–Crippen MR) is 147 cm³/mol. The zero-order chi connectivity index (χ0) is 31.3. The van der Waals surface area contributed by atoms with Crippen molar-refractivity contribution in [3.63, 3.8) is 0 Å². The Balaban J connectivity index is 1.76. The third kappa shape index (κ3) is 7.30. The molecule has 1 fully saturated rings. The summed E-state index contributed by atoms with van der Waals surface area (Å²) < 4.78 is 40.2. The lowest BCUT2D eigenvalue weighted by molar-refractivity contribution is -0.282. The number of rotatable bonds is 9. The molecule has 1 aromatic heterocycles. The van der Waals surface area contributed by atoms with Gasteiger partial charge in [-0.15, -0.1) is 0 Å². The quantitative estimate of drug-likeness (QED) is 0.263. The lowest BCUT2D eigenvalue weighted by Gasteiger charge is -2.43. The van der Waals surface area contributed by atoms with Crippen LogP contribution in [0.2, 0.25) is 0 Å². The van der Waals surface area contributed by atoms with E-state index in [0.717, 1.165) is 33.4 Å². The number of carbonyl (C=O) groups excluding carboxylic acids is 5. The van der Waals surface area contributed by atoms with Gasteiger partial charge in [0.15, 0.2) is 18.3 Å². The Morgan fingerprint density at radius 2 is 1.44 bits per heavy atom. The summed E-state index contributed by atoms with van der Waals surface area (Å²) in [5, 5.41) is 0.423. The van der Waals surface area contributed by atoms with Gasteiger partial charge in [-0.3, -0.25) is 23.7 Å². The number of nitrogens with zero attached hydrogens (tertiary/aromatic N) is 1. The van der Waals surface area contributed by atoms with E-state index in [2.05, 4.69) is 0 Å². The Labute approximate surface area is 246 Å². The number of ether oxygens (including phenoxy) is 7. The molecule has 0 saturated carbocycles. The SMILES string of the molecule is COC(=O)[C@H]1O[C@@H](Oc2cn(C(C)=O)c3ccc(OCc4ccccc4)cc23)[C@H](OC(C)=O)[C@@H](OC(C)=O)[C@@H]1OC(C)=O. The molecule has 5 atom stereocenters. The highest BCUT2D eigenvalue weighted by Gasteiger charge is 2.56. The number of hydrogen-bond acceptors (Lipinski definition) is 12. The summed E-state index contributed by atoms with van der Waals surface area (Å²) in [7, 11) is 1.09. The first-order valence-electron chi connectivity index (χ1n) is 13.2. The van der Waals surface area contributed by atoms with Crippen molar-refractivity contribution in [1.82, 2.24) is 4.57 Å². The molecule has 0 N–H and O–H groups in total. The van der Waals surface area contributed by atoms with Crippen LogP contribution < -0.4 is 9.47 Å². The number of carbonyl (C=O) groups is 5. The molecule has 1 saturated heterocycles. The zero-order valence-corrected chi connectivity index (χ0v) is 24.1. The maximum absolute atomic E-state index is 12.7. The molecule has 3 aromatic rings. The van der Waals surface area contributed by atoms with E-state index in [-0.39, 0.29) is 18.3 Å². The first kappa shape index (κ1) is 31.0. The van der Waals surface area contributed by atoms with Crippen LogP contribution in [-0.2, 0) is 49.5 Å². The fourth-order valence-corrected chi connectivity index (χ4v) is 4.66. The molecule has 4 rings (SSSR count). The Morgan fingerprint density at radius 1 is 0.814 bits per heavy atom. The monoisotopic (exact) mass is 597 g/mol. The van der Waals surface area contributed by atoms with E-state index in [0.29, 0.717) is 16.7 Å². The van der Waals surface area contributed by atoms with Gasteiger partial charge in [0.2, 0.25) is 18.3 Å². The van der Waals surface area contributed by atoms with Crippen LogP contribution in [0.3, 0.4) is 0 Å². The van der Waals surface area contributed by atoms with E-state index in [1.165, 1.54) is 17.7 Å². The van der Waals surface area contributed by atoms with Gasteiger partial charge in [-0.1, -0.05) is 30.3 Å². The van der Waals surface area contributed by atoms with Crippen molar-refractivity contribution in [3.8, 4) is 11.5 Å². The first-order valence-corrected chi connectivity index (χ1v) is 13.2. The Kier molecular flexibility index (Phi) is 9.66. The lowest BCUT2D eigenvalue weighted by Crippen LogP contribution is -2.64. The summed E-state index contributed by atoms with van der Waals surface area (Å²) >= 11 is 0. The van der Waals surface area contributed by atoms with E-state index in [4.69, 9.17) is 33.2 Å². The van der Waals surface area contributed by atoms with Crippen molar-refractivity contribution in [1.29, 1.82) is 0 Å². The van der Waals surface area contributed by atoms with Crippen molar-refractivity contribution in [3.05, 3.63) is 60.3 Å². The van der Waals surface area contributed by atoms with E-state index in [1.807, 2.05) is 30.3 Å². The summed E-state index contributed by atoms with van der Waals surface area (Å²) in [4.78, 5) is 61.4. The Bertz CT molecular complexity index is 1510. The highest BCUT2D eigenvalue weighted by molar-refractivity contribution is 5.96. The molecular formula is C30H31NO12. The lowest BCUT2D eigenvalue weighted by atomic mass is 9.97. The fraction of sp³-hybridized carbons (Fsp3) is 0.367. The van der Waals surface area contributed by atoms with Crippen LogP contribution in [0, 0.1) is 0 Å². The smallest absolute Gasteiger partial charge is 0.339 e. The molecule has 0 bridgehead atoms. The van der Waals surface area contributed by atoms with Gasteiger partial charge >= 0.3 is 23.9 Å². The molecule has 1 aliphatic rings. The van der Waals surface area contributed by atoms with E-state index < -0.39 is 54.6 Å². The molecule has 2 aromatic carbocycles. The summed E-state index contributed by atoms with van der Waals surface area (Å²) in [5.41, 5.74) is 1.40. The third-order valence-corrected chi connectivity index (χ3v) is 6.40. The number of fused-ring (bicyclic) bond motifs is 1. The number of aromatic nitrogens is 1. The summed E-state index contributed by atoms with van der Waals surface area (Å²) in [6.45, 7) is 4.91. The second-order valence-electron chi connectivity index (χ2n) is 9.62. The van der Waals surface area contributed by atoms with Gasteiger partial charge in [-0.2, -0.15) is 0 Å². The topological polar surface area (TPSA) is 155 Å².